The second kappa shape index (κ2) is 7.62. The molecule has 4 aromatic rings. The zero-order valence-corrected chi connectivity index (χ0v) is 16.1. The van der Waals surface area contributed by atoms with E-state index >= 15 is 0 Å². The number of hydrogen-bond donors (Lipinski definition) is 1. The fourth-order valence-electron chi connectivity index (χ4n) is 3.82. The van der Waals surface area contributed by atoms with Gasteiger partial charge < -0.3 is 9.88 Å². The van der Waals surface area contributed by atoms with Crippen molar-refractivity contribution in [2.45, 2.75) is 25.9 Å². The highest BCUT2D eigenvalue weighted by Crippen LogP contribution is 2.26. The Balaban J connectivity index is 1.37. The van der Waals surface area contributed by atoms with E-state index in [1.807, 2.05) is 30.6 Å². The Bertz CT molecular complexity index is 1110. The molecule has 1 aliphatic heterocycles. The van der Waals surface area contributed by atoms with Crippen molar-refractivity contribution in [2.24, 2.45) is 0 Å². The van der Waals surface area contributed by atoms with Gasteiger partial charge in [0.15, 0.2) is 0 Å². The lowest BCUT2D eigenvalue weighted by Crippen LogP contribution is -2.30. The van der Waals surface area contributed by atoms with Crippen LogP contribution in [0.3, 0.4) is 0 Å². The highest BCUT2D eigenvalue weighted by atomic mass is 19.1. The van der Waals surface area contributed by atoms with Crippen LogP contribution in [0.5, 0.6) is 0 Å². The molecule has 5 nitrogen and oxygen atoms in total. The molecule has 0 radical (unpaired) electrons. The first-order chi connectivity index (χ1) is 14.3. The minimum atomic E-state index is -0.475. The number of alkyl halides is 1. The van der Waals surface area contributed by atoms with E-state index in [2.05, 4.69) is 37.0 Å². The second-order valence-corrected chi connectivity index (χ2v) is 7.47. The van der Waals surface area contributed by atoms with E-state index < -0.39 is 6.67 Å². The standard InChI is InChI=1S/C23H22FN5/c24-13-16-4-9-20-21(12-16)28-22(27-20)18-7-5-17(6-8-18)19-14-25-23(26-15-19)29-10-2-1-3-11-29/h4-9,12,14-15H,1-3,10-11,13H2,(H,27,28). The summed E-state index contributed by atoms with van der Waals surface area (Å²) in [4.78, 5) is 19.3. The average molecular weight is 387 g/mol. The van der Waals surface area contributed by atoms with E-state index in [1.54, 1.807) is 12.1 Å². The first-order valence-corrected chi connectivity index (χ1v) is 10.0. The van der Waals surface area contributed by atoms with Crippen LogP contribution < -0.4 is 4.90 Å². The number of imidazole rings is 1. The van der Waals surface area contributed by atoms with Crippen molar-refractivity contribution < 1.29 is 4.39 Å². The molecule has 146 valence electrons. The summed E-state index contributed by atoms with van der Waals surface area (Å²) >= 11 is 0. The fraction of sp³-hybridized carbons (Fsp3) is 0.261. The molecule has 2 aromatic heterocycles. The minimum absolute atomic E-state index is 0.475. The number of benzene rings is 2. The van der Waals surface area contributed by atoms with Crippen molar-refractivity contribution in [3.63, 3.8) is 0 Å². The molecule has 0 amide bonds. The normalized spacial score (nSPS) is 14.4. The number of piperidine rings is 1. The smallest absolute Gasteiger partial charge is 0.225 e. The average Bonchev–Trinajstić information content (AvgIpc) is 3.23. The van der Waals surface area contributed by atoms with Gasteiger partial charge in [-0.25, -0.2) is 19.3 Å². The van der Waals surface area contributed by atoms with Gasteiger partial charge in [0, 0.05) is 36.6 Å². The van der Waals surface area contributed by atoms with Crippen LogP contribution in [0.1, 0.15) is 24.8 Å². The summed E-state index contributed by atoms with van der Waals surface area (Å²) in [6.07, 6.45) is 7.51. The van der Waals surface area contributed by atoms with Gasteiger partial charge in [0.05, 0.1) is 11.0 Å². The van der Waals surface area contributed by atoms with Gasteiger partial charge in [-0.05, 0) is 42.5 Å². The molecule has 0 atom stereocenters. The van der Waals surface area contributed by atoms with Crippen LogP contribution in [-0.2, 0) is 6.67 Å². The number of halogens is 1. The molecule has 0 unspecified atom stereocenters. The first kappa shape index (κ1) is 17.8. The van der Waals surface area contributed by atoms with Crippen molar-refractivity contribution in [3.05, 3.63) is 60.4 Å². The maximum atomic E-state index is 12.9. The zero-order chi connectivity index (χ0) is 19.6. The van der Waals surface area contributed by atoms with Crippen molar-refractivity contribution in [3.8, 4) is 22.5 Å². The Morgan fingerprint density at radius 1 is 0.862 bits per heavy atom. The summed E-state index contributed by atoms with van der Waals surface area (Å²) in [6, 6.07) is 13.6. The number of H-pyrrole nitrogens is 1. The highest BCUT2D eigenvalue weighted by molar-refractivity contribution is 5.80. The topological polar surface area (TPSA) is 57.7 Å². The van der Waals surface area contributed by atoms with Crippen LogP contribution in [0.25, 0.3) is 33.5 Å². The van der Waals surface area contributed by atoms with Crippen LogP contribution in [0.2, 0.25) is 0 Å². The summed E-state index contributed by atoms with van der Waals surface area (Å²) < 4.78 is 12.9. The van der Waals surface area contributed by atoms with E-state index in [1.165, 1.54) is 19.3 Å². The van der Waals surface area contributed by atoms with Crippen molar-refractivity contribution in [1.29, 1.82) is 0 Å². The van der Waals surface area contributed by atoms with E-state index in [0.717, 1.165) is 52.6 Å². The molecule has 1 fully saturated rings. The monoisotopic (exact) mass is 387 g/mol. The van der Waals surface area contributed by atoms with Gasteiger partial charge in [-0.3, -0.25) is 0 Å². The van der Waals surface area contributed by atoms with Crippen LogP contribution in [0.4, 0.5) is 10.3 Å². The van der Waals surface area contributed by atoms with Crippen LogP contribution in [-0.4, -0.2) is 33.0 Å². The molecule has 29 heavy (non-hydrogen) atoms. The van der Waals surface area contributed by atoms with E-state index in [4.69, 9.17) is 0 Å². The highest BCUT2D eigenvalue weighted by Gasteiger charge is 2.13. The zero-order valence-electron chi connectivity index (χ0n) is 16.1. The maximum absolute atomic E-state index is 12.9. The van der Waals surface area contributed by atoms with Crippen LogP contribution >= 0.6 is 0 Å². The molecule has 2 aromatic carbocycles. The molecule has 0 spiro atoms. The molecule has 0 aliphatic carbocycles. The van der Waals surface area contributed by atoms with Crippen LogP contribution in [0, 0.1) is 0 Å². The quantitative estimate of drug-likeness (QED) is 0.526. The van der Waals surface area contributed by atoms with Gasteiger partial charge >= 0.3 is 0 Å². The summed E-state index contributed by atoms with van der Waals surface area (Å²) in [6.45, 7) is 1.61. The SMILES string of the molecule is FCc1ccc2nc(-c3ccc(-c4cnc(N5CCCCC5)nc4)cc3)[nH]c2c1. The lowest BCUT2D eigenvalue weighted by Gasteiger charge is -2.26. The second-order valence-electron chi connectivity index (χ2n) is 7.47. The van der Waals surface area contributed by atoms with Crippen molar-refractivity contribution >= 4 is 17.0 Å². The number of rotatable bonds is 4. The van der Waals surface area contributed by atoms with Gasteiger partial charge in [0.1, 0.15) is 12.5 Å². The number of aromatic nitrogens is 4. The third-order valence-electron chi connectivity index (χ3n) is 5.47. The predicted octanol–water partition coefficient (Wildman–Crippen LogP) is 5.15. The molecule has 5 rings (SSSR count). The summed E-state index contributed by atoms with van der Waals surface area (Å²) in [5.41, 5.74) is 5.38. The maximum Gasteiger partial charge on any atom is 0.225 e. The Morgan fingerprint density at radius 2 is 1.59 bits per heavy atom. The molecule has 3 heterocycles. The molecule has 1 aliphatic rings. The molecular formula is C23H22FN5. The Kier molecular flexibility index (Phi) is 4.68. The van der Waals surface area contributed by atoms with Gasteiger partial charge in [-0.2, -0.15) is 0 Å². The van der Waals surface area contributed by atoms with Gasteiger partial charge in [0.25, 0.3) is 0 Å². The van der Waals surface area contributed by atoms with Crippen molar-refractivity contribution in [1.82, 2.24) is 19.9 Å². The number of anilines is 1. The Hall–Kier alpha value is -3.28. The number of nitrogens with zero attached hydrogens (tertiary/aromatic N) is 4. The number of aromatic amines is 1. The molecule has 6 heteroatoms. The fourth-order valence-corrected chi connectivity index (χ4v) is 3.82. The summed E-state index contributed by atoms with van der Waals surface area (Å²) in [7, 11) is 0. The first-order valence-electron chi connectivity index (χ1n) is 10.0. The number of fused-ring (bicyclic) bond motifs is 1. The lowest BCUT2D eigenvalue weighted by atomic mass is 10.1. The van der Waals surface area contributed by atoms with Crippen molar-refractivity contribution in [2.75, 3.05) is 18.0 Å². The van der Waals surface area contributed by atoms with Crippen LogP contribution in [0.15, 0.2) is 54.9 Å². The van der Waals surface area contributed by atoms with E-state index in [0.29, 0.717) is 5.56 Å². The van der Waals surface area contributed by atoms with Gasteiger partial charge in [-0.15, -0.1) is 0 Å². The molecule has 1 saturated heterocycles. The summed E-state index contributed by atoms with van der Waals surface area (Å²) in [5, 5.41) is 0. The molecular weight excluding hydrogens is 365 g/mol. The predicted molar refractivity (Wildman–Crippen MR) is 113 cm³/mol. The molecule has 0 saturated carbocycles. The van der Waals surface area contributed by atoms with E-state index in [9.17, 15) is 4.39 Å². The third kappa shape index (κ3) is 3.58. The Morgan fingerprint density at radius 3 is 2.31 bits per heavy atom. The lowest BCUT2D eigenvalue weighted by molar-refractivity contribution is 0.485. The third-order valence-corrected chi connectivity index (χ3v) is 5.47. The molecule has 0 bridgehead atoms. The largest absolute Gasteiger partial charge is 0.341 e. The van der Waals surface area contributed by atoms with Gasteiger partial charge in [0.2, 0.25) is 5.95 Å². The number of hydrogen-bond acceptors (Lipinski definition) is 4. The Labute approximate surface area is 168 Å². The molecule has 1 N–H and O–H groups in total. The van der Waals surface area contributed by atoms with E-state index in [-0.39, 0.29) is 0 Å². The number of nitrogens with one attached hydrogen (secondary N) is 1. The summed E-state index contributed by atoms with van der Waals surface area (Å²) in [5.74, 6) is 1.60. The van der Waals surface area contributed by atoms with Gasteiger partial charge in [-0.1, -0.05) is 30.3 Å². The minimum Gasteiger partial charge on any atom is -0.341 e.